The van der Waals surface area contributed by atoms with E-state index < -0.39 is 6.10 Å². The molecular weight excluding hydrogens is 311 g/mol. The van der Waals surface area contributed by atoms with Crippen LogP contribution in [0, 0.1) is 0 Å². The van der Waals surface area contributed by atoms with Crippen molar-refractivity contribution in [2.24, 2.45) is 0 Å². The van der Waals surface area contributed by atoms with E-state index in [2.05, 4.69) is 10.3 Å². The molecule has 6 heteroatoms. The third kappa shape index (κ3) is 5.17. The largest absolute Gasteiger partial charge is 0.488 e. The van der Waals surface area contributed by atoms with Gasteiger partial charge in [-0.15, -0.1) is 0 Å². The van der Waals surface area contributed by atoms with Crippen molar-refractivity contribution in [3.05, 3.63) is 58.3 Å². The molecule has 1 unspecified atom stereocenters. The second kappa shape index (κ2) is 8.20. The second-order valence-corrected chi connectivity index (χ2v) is 5.32. The van der Waals surface area contributed by atoms with Crippen LogP contribution in [0.3, 0.4) is 0 Å². The molecule has 0 aliphatic rings. The van der Waals surface area contributed by atoms with Crippen molar-refractivity contribution in [3.8, 4) is 5.75 Å². The van der Waals surface area contributed by atoms with Crippen molar-refractivity contribution in [3.63, 3.8) is 0 Å². The topological polar surface area (TPSA) is 54.4 Å². The molecule has 2 N–H and O–H groups in total. The minimum absolute atomic E-state index is 0.115. The van der Waals surface area contributed by atoms with Gasteiger partial charge in [-0.25, -0.2) is 0 Å². The van der Waals surface area contributed by atoms with Gasteiger partial charge in [0.05, 0.1) is 10.0 Å². The van der Waals surface area contributed by atoms with Crippen molar-refractivity contribution in [1.29, 1.82) is 0 Å². The van der Waals surface area contributed by atoms with E-state index in [1.807, 2.05) is 12.1 Å². The fourth-order valence-electron chi connectivity index (χ4n) is 1.74. The first-order valence-electron chi connectivity index (χ1n) is 6.51. The minimum atomic E-state index is -0.658. The van der Waals surface area contributed by atoms with Crippen LogP contribution < -0.4 is 10.1 Å². The number of hydrogen-bond acceptors (Lipinski definition) is 4. The number of hydrogen-bond donors (Lipinski definition) is 2. The minimum Gasteiger partial charge on any atom is -0.488 e. The van der Waals surface area contributed by atoms with Gasteiger partial charge in [-0.3, -0.25) is 4.98 Å². The molecule has 0 saturated heterocycles. The van der Waals surface area contributed by atoms with Crippen LogP contribution in [0.5, 0.6) is 5.75 Å². The van der Waals surface area contributed by atoms with E-state index in [4.69, 9.17) is 27.9 Å². The lowest BCUT2D eigenvalue weighted by Gasteiger charge is -2.14. The molecule has 2 aromatic rings. The number of benzene rings is 1. The van der Waals surface area contributed by atoms with E-state index in [1.165, 1.54) is 0 Å². The van der Waals surface area contributed by atoms with Gasteiger partial charge < -0.3 is 15.2 Å². The van der Waals surface area contributed by atoms with Gasteiger partial charge in [-0.2, -0.15) is 0 Å². The van der Waals surface area contributed by atoms with Crippen molar-refractivity contribution in [2.45, 2.75) is 12.6 Å². The van der Waals surface area contributed by atoms with Gasteiger partial charge in [0, 0.05) is 25.5 Å². The zero-order valence-electron chi connectivity index (χ0n) is 11.3. The molecule has 0 spiro atoms. The Bertz CT molecular complexity index is 547. The van der Waals surface area contributed by atoms with E-state index in [0.29, 0.717) is 28.9 Å². The van der Waals surface area contributed by atoms with Crippen LogP contribution in [0.1, 0.15) is 5.56 Å². The first-order chi connectivity index (χ1) is 10.2. The Morgan fingerprint density at radius 1 is 1.19 bits per heavy atom. The molecule has 1 atom stereocenters. The summed E-state index contributed by atoms with van der Waals surface area (Å²) in [5.74, 6) is 0.396. The highest BCUT2D eigenvalue weighted by Gasteiger charge is 2.10. The first-order valence-corrected chi connectivity index (χ1v) is 7.27. The number of nitrogens with one attached hydrogen (secondary N) is 1. The molecule has 0 bridgehead atoms. The van der Waals surface area contributed by atoms with Gasteiger partial charge in [-0.05, 0) is 23.8 Å². The van der Waals surface area contributed by atoms with Crippen LogP contribution in [0.4, 0.5) is 0 Å². The van der Waals surface area contributed by atoms with Gasteiger partial charge in [0.25, 0.3) is 0 Å². The number of aliphatic hydroxyl groups excluding tert-OH is 1. The molecular formula is C15H16Cl2N2O2. The Balaban J connectivity index is 1.74. The average molecular weight is 327 g/mol. The van der Waals surface area contributed by atoms with Gasteiger partial charge in [0.1, 0.15) is 12.7 Å². The maximum absolute atomic E-state index is 9.88. The van der Waals surface area contributed by atoms with Gasteiger partial charge in [-0.1, -0.05) is 35.3 Å². The molecule has 1 heterocycles. The summed E-state index contributed by atoms with van der Waals surface area (Å²) in [6.45, 7) is 1.15. The maximum atomic E-state index is 9.88. The molecule has 0 aliphatic heterocycles. The number of aliphatic hydroxyl groups is 1. The number of ether oxygens (including phenoxy) is 1. The zero-order valence-corrected chi connectivity index (χ0v) is 12.8. The van der Waals surface area contributed by atoms with Crippen LogP contribution in [0.25, 0.3) is 0 Å². The van der Waals surface area contributed by atoms with Crippen LogP contribution in [-0.2, 0) is 6.54 Å². The van der Waals surface area contributed by atoms with Crippen LogP contribution in [0.15, 0.2) is 42.7 Å². The summed E-state index contributed by atoms with van der Waals surface area (Å²) >= 11 is 12.0. The predicted octanol–water partition coefficient (Wildman–Crippen LogP) is 2.92. The molecule has 2 rings (SSSR count). The summed E-state index contributed by atoms with van der Waals surface area (Å²) in [7, 11) is 0. The number of nitrogens with zero attached hydrogens (tertiary/aromatic N) is 1. The number of aromatic nitrogens is 1. The first kappa shape index (κ1) is 16.0. The van der Waals surface area contributed by atoms with E-state index in [1.54, 1.807) is 30.6 Å². The molecule has 0 amide bonds. The molecule has 4 nitrogen and oxygen atoms in total. The van der Waals surface area contributed by atoms with Crippen LogP contribution in [0.2, 0.25) is 10.0 Å². The molecule has 0 fully saturated rings. The molecule has 0 aliphatic carbocycles. The fraction of sp³-hybridized carbons (Fsp3) is 0.267. The molecule has 1 aromatic heterocycles. The zero-order chi connectivity index (χ0) is 15.1. The molecule has 1 aromatic carbocycles. The quantitative estimate of drug-likeness (QED) is 0.821. The molecule has 0 saturated carbocycles. The summed E-state index contributed by atoms with van der Waals surface area (Å²) < 4.78 is 5.47. The monoisotopic (exact) mass is 326 g/mol. The Morgan fingerprint density at radius 2 is 1.95 bits per heavy atom. The molecule has 0 radical (unpaired) electrons. The van der Waals surface area contributed by atoms with E-state index >= 15 is 0 Å². The predicted molar refractivity (Wildman–Crippen MR) is 83.9 cm³/mol. The maximum Gasteiger partial charge on any atom is 0.156 e. The lowest BCUT2D eigenvalue weighted by molar-refractivity contribution is 0.106. The average Bonchev–Trinajstić information content (AvgIpc) is 2.48. The highest BCUT2D eigenvalue weighted by atomic mass is 35.5. The Morgan fingerprint density at radius 3 is 2.62 bits per heavy atom. The lowest BCUT2D eigenvalue weighted by Crippen LogP contribution is -2.31. The summed E-state index contributed by atoms with van der Waals surface area (Å²) in [5.41, 5.74) is 1.06. The van der Waals surface area contributed by atoms with Crippen molar-refractivity contribution >= 4 is 23.2 Å². The van der Waals surface area contributed by atoms with E-state index in [0.717, 1.165) is 5.56 Å². The SMILES string of the molecule is OC(CNCc1cccnc1)COc1c(Cl)cccc1Cl. The van der Waals surface area contributed by atoms with E-state index in [9.17, 15) is 5.11 Å². The number of halogens is 2. The summed E-state index contributed by atoms with van der Waals surface area (Å²) in [5, 5.41) is 13.9. The van der Waals surface area contributed by atoms with Crippen LogP contribution in [-0.4, -0.2) is 29.3 Å². The Labute approximate surface area is 133 Å². The second-order valence-electron chi connectivity index (χ2n) is 4.51. The number of para-hydroxylation sites is 1. The third-order valence-electron chi connectivity index (χ3n) is 2.77. The third-order valence-corrected chi connectivity index (χ3v) is 3.37. The van der Waals surface area contributed by atoms with Crippen molar-refractivity contribution < 1.29 is 9.84 Å². The molecule has 21 heavy (non-hydrogen) atoms. The van der Waals surface area contributed by atoms with Gasteiger partial charge >= 0.3 is 0 Å². The smallest absolute Gasteiger partial charge is 0.156 e. The number of pyridine rings is 1. The lowest BCUT2D eigenvalue weighted by atomic mass is 10.3. The van der Waals surface area contributed by atoms with Gasteiger partial charge in [0.15, 0.2) is 5.75 Å². The number of rotatable bonds is 7. The summed E-state index contributed by atoms with van der Waals surface area (Å²) in [6.07, 6.45) is 2.84. The van der Waals surface area contributed by atoms with E-state index in [-0.39, 0.29) is 6.61 Å². The molecule has 112 valence electrons. The highest BCUT2D eigenvalue weighted by molar-refractivity contribution is 6.37. The van der Waals surface area contributed by atoms with Crippen molar-refractivity contribution in [2.75, 3.05) is 13.2 Å². The summed E-state index contributed by atoms with van der Waals surface area (Å²) in [6, 6.07) is 8.96. The standard InChI is InChI=1S/C15H16Cl2N2O2/c16-13-4-1-5-14(17)15(13)21-10-12(20)9-19-8-11-3-2-6-18-7-11/h1-7,12,19-20H,8-10H2. The highest BCUT2D eigenvalue weighted by Crippen LogP contribution is 2.32. The summed E-state index contributed by atoms with van der Waals surface area (Å²) in [4.78, 5) is 4.02. The Hall–Kier alpha value is -1.33. The Kier molecular flexibility index (Phi) is 6.26. The van der Waals surface area contributed by atoms with Crippen LogP contribution >= 0.6 is 23.2 Å². The normalized spacial score (nSPS) is 12.1. The van der Waals surface area contributed by atoms with Crippen molar-refractivity contribution in [1.82, 2.24) is 10.3 Å². The fourth-order valence-corrected chi connectivity index (χ4v) is 2.25. The van der Waals surface area contributed by atoms with Gasteiger partial charge in [0.2, 0.25) is 0 Å².